The van der Waals surface area contributed by atoms with Gasteiger partial charge in [0, 0.05) is 5.92 Å². The highest BCUT2D eigenvalue weighted by Gasteiger charge is 2.31. The van der Waals surface area contributed by atoms with Crippen LogP contribution in [0.3, 0.4) is 0 Å². The average Bonchev–Trinajstić information content (AvgIpc) is 3.17. The predicted octanol–water partition coefficient (Wildman–Crippen LogP) is 4.52. The van der Waals surface area contributed by atoms with Gasteiger partial charge >= 0.3 is 0 Å². The monoisotopic (exact) mass is 314 g/mol. The SMILES string of the molecule is O=Cc1c(C2CC2)nn(-c2ccc(Cl)c(Cl)c2)c1Cl. The number of benzene rings is 1. The van der Waals surface area contributed by atoms with Crippen LogP contribution in [0.25, 0.3) is 5.69 Å². The molecule has 0 spiro atoms. The molecule has 0 atom stereocenters. The molecule has 98 valence electrons. The minimum atomic E-state index is 0.315. The van der Waals surface area contributed by atoms with Gasteiger partial charge in [0.1, 0.15) is 5.15 Å². The van der Waals surface area contributed by atoms with Gasteiger partial charge < -0.3 is 0 Å². The molecule has 1 aromatic carbocycles. The third-order valence-electron chi connectivity index (χ3n) is 3.12. The summed E-state index contributed by atoms with van der Waals surface area (Å²) >= 11 is 18.1. The van der Waals surface area contributed by atoms with E-state index in [9.17, 15) is 4.79 Å². The standard InChI is InChI=1S/C13H9Cl3N2O/c14-10-4-3-8(5-11(10)15)18-13(16)9(6-19)12(17-18)7-1-2-7/h3-7H,1-2H2. The van der Waals surface area contributed by atoms with Crippen LogP contribution in [0, 0.1) is 0 Å². The molecule has 1 aliphatic carbocycles. The second-order valence-corrected chi connectivity index (χ2v) is 5.66. The van der Waals surface area contributed by atoms with E-state index in [1.807, 2.05) is 0 Å². The van der Waals surface area contributed by atoms with E-state index in [4.69, 9.17) is 34.8 Å². The van der Waals surface area contributed by atoms with E-state index in [0.717, 1.165) is 24.8 Å². The molecule has 0 saturated heterocycles. The number of aromatic nitrogens is 2. The number of rotatable bonds is 3. The summed E-state index contributed by atoms with van der Waals surface area (Å²) in [6.45, 7) is 0. The summed E-state index contributed by atoms with van der Waals surface area (Å²) in [6, 6.07) is 5.11. The van der Waals surface area contributed by atoms with Gasteiger partial charge in [-0.1, -0.05) is 34.8 Å². The molecule has 0 N–H and O–H groups in total. The summed E-state index contributed by atoms with van der Waals surface area (Å²) in [6.07, 6.45) is 2.86. The number of carbonyl (C=O) groups excluding carboxylic acids is 1. The number of aldehydes is 1. The number of carbonyl (C=O) groups is 1. The second-order valence-electron chi connectivity index (χ2n) is 4.49. The van der Waals surface area contributed by atoms with Crippen LogP contribution in [0.5, 0.6) is 0 Å². The van der Waals surface area contributed by atoms with Crippen molar-refractivity contribution in [2.75, 3.05) is 0 Å². The molecular weight excluding hydrogens is 307 g/mol. The van der Waals surface area contributed by atoms with Crippen LogP contribution in [0.15, 0.2) is 18.2 Å². The fraction of sp³-hybridized carbons (Fsp3) is 0.231. The van der Waals surface area contributed by atoms with E-state index in [1.165, 1.54) is 4.68 Å². The molecule has 1 aliphatic rings. The molecule has 0 aliphatic heterocycles. The third kappa shape index (κ3) is 2.27. The Labute approximate surface area is 125 Å². The van der Waals surface area contributed by atoms with Crippen molar-refractivity contribution < 1.29 is 4.79 Å². The smallest absolute Gasteiger partial charge is 0.155 e. The molecule has 1 aromatic heterocycles. The van der Waals surface area contributed by atoms with Gasteiger partial charge in [0.25, 0.3) is 0 Å². The number of nitrogens with zero attached hydrogens (tertiary/aromatic N) is 2. The van der Waals surface area contributed by atoms with E-state index in [-0.39, 0.29) is 0 Å². The summed E-state index contributed by atoms with van der Waals surface area (Å²) in [7, 11) is 0. The Morgan fingerprint density at radius 1 is 1.21 bits per heavy atom. The Morgan fingerprint density at radius 2 is 1.95 bits per heavy atom. The lowest BCUT2D eigenvalue weighted by molar-refractivity contribution is 0.112. The van der Waals surface area contributed by atoms with Gasteiger partial charge in [0.2, 0.25) is 0 Å². The zero-order chi connectivity index (χ0) is 13.6. The summed E-state index contributed by atoms with van der Waals surface area (Å²) in [4.78, 5) is 11.2. The molecule has 3 nitrogen and oxygen atoms in total. The van der Waals surface area contributed by atoms with Crippen molar-refractivity contribution in [1.82, 2.24) is 9.78 Å². The van der Waals surface area contributed by atoms with Crippen LogP contribution in [0.1, 0.15) is 34.8 Å². The van der Waals surface area contributed by atoms with Crippen LogP contribution in [-0.4, -0.2) is 16.1 Å². The lowest BCUT2D eigenvalue weighted by Gasteiger charge is -2.04. The Kier molecular flexibility index (Phi) is 3.29. The van der Waals surface area contributed by atoms with E-state index in [0.29, 0.717) is 32.4 Å². The predicted molar refractivity (Wildman–Crippen MR) is 76.0 cm³/mol. The molecule has 0 radical (unpaired) electrons. The molecule has 3 rings (SSSR count). The lowest BCUT2D eigenvalue weighted by atomic mass is 10.2. The maximum absolute atomic E-state index is 11.2. The topological polar surface area (TPSA) is 34.9 Å². The molecule has 2 aromatic rings. The first kappa shape index (κ1) is 13.0. The summed E-state index contributed by atoms with van der Waals surface area (Å²) < 4.78 is 1.53. The molecule has 0 amide bonds. The van der Waals surface area contributed by atoms with E-state index >= 15 is 0 Å². The Hall–Kier alpha value is -1.03. The molecule has 1 heterocycles. The fourth-order valence-electron chi connectivity index (χ4n) is 1.98. The van der Waals surface area contributed by atoms with Crippen molar-refractivity contribution in [2.24, 2.45) is 0 Å². The van der Waals surface area contributed by atoms with Crippen LogP contribution in [0.2, 0.25) is 15.2 Å². The Balaban J connectivity index is 2.14. The number of hydrogen-bond acceptors (Lipinski definition) is 2. The minimum Gasteiger partial charge on any atom is -0.298 e. The Morgan fingerprint density at radius 3 is 2.53 bits per heavy atom. The maximum Gasteiger partial charge on any atom is 0.155 e. The van der Waals surface area contributed by atoms with Gasteiger partial charge in [-0.15, -0.1) is 0 Å². The van der Waals surface area contributed by atoms with Crippen LogP contribution >= 0.6 is 34.8 Å². The van der Waals surface area contributed by atoms with Gasteiger partial charge in [-0.25, -0.2) is 4.68 Å². The first-order chi connectivity index (χ1) is 9.11. The summed E-state index contributed by atoms with van der Waals surface area (Å²) in [5.74, 6) is 0.349. The highest BCUT2D eigenvalue weighted by Crippen LogP contribution is 2.42. The normalized spacial score (nSPS) is 14.7. The van der Waals surface area contributed by atoms with Crippen molar-refractivity contribution in [3.8, 4) is 5.69 Å². The quantitative estimate of drug-likeness (QED) is 0.780. The third-order valence-corrected chi connectivity index (χ3v) is 4.22. The van der Waals surface area contributed by atoms with Gasteiger partial charge in [-0.05, 0) is 31.0 Å². The van der Waals surface area contributed by atoms with Gasteiger partial charge in [0.15, 0.2) is 6.29 Å². The van der Waals surface area contributed by atoms with E-state index in [2.05, 4.69) is 5.10 Å². The van der Waals surface area contributed by atoms with Crippen LogP contribution in [-0.2, 0) is 0 Å². The molecule has 1 fully saturated rings. The first-order valence-electron chi connectivity index (χ1n) is 5.81. The zero-order valence-electron chi connectivity index (χ0n) is 9.74. The number of hydrogen-bond donors (Lipinski definition) is 0. The van der Waals surface area contributed by atoms with Crippen molar-refractivity contribution >= 4 is 41.1 Å². The molecule has 0 bridgehead atoms. The second kappa shape index (κ2) is 4.82. The fourth-order valence-corrected chi connectivity index (χ4v) is 2.55. The van der Waals surface area contributed by atoms with E-state index in [1.54, 1.807) is 18.2 Å². The Bertz CT molecular complexity index is 662. The average molecular weight is 316 g/mol. The van der Waals surface area contributed by atoms with E-state index < -0.39 is 0 Å². The molecule has 6 heteroatoms. The van der Waals surface area contributed by atoms with Gasteiger partial charge in [-0.2, -0.15) is 5.10 Å². The molecule has 19 heavy (non-hydrogen) atoms. The van der Waals surface area contributed by atoms with Crippen LogP contribution in [0.4, 0.5) is 0 Å². The largest absolute Gasteiger partial charge is 0.298 e. The summed E-state index contributed by atoms with van der Waals surface area (Å²) in [5.41, 5.74) is 1.93. The lowest BCUT2D eigenvalue weighted by Crippen LogP contribution is -1.97. The van der Waals surface area contributed by atoms with Gasteiger partial charge in [-0.3, -0.25) is 4.79 Å². The van der Waals surface area contributed by atoms with Crippen molar-refractivity contribution in [1.29, 1.82) is 0 Å². The molecule has 0 unspecified atom stereocenters. The number of halogens is 3. The van der Waals surface area contributed by atoms with Crippen molar-refractivity contribution in [2.45, 2.75) is 18.8 Å². The van der Waals surface area contributed by atoms with Gasteiger partial charge in [0.05, 0.1) is 27.0 Å². The minimum absolute atomic E-state index is 0.315. The summed E-state index contributed by atoms with van der Waals surface area (Å²) in [5, 5.41) is 5.64. The highest BCUT2D eigenvalue weighted by molar-refractivity contribution is 6.42. The molecule has 1 saturated carbocycles. The first-order valence-corrected chi connectivity index (χ1v) is 6.94. The van der Waals surface area contributed by atoms with Crippen molar-refractivity contribution in [3.63, 3.8) is 0 Å². The van der Waals surface area contributed by atoms with Crippen molar-refractivity contribution in [3.05, 3.63) is 44.7 Å². The zero-order valence-corrected chi connectivity index (χ0v) is 12.0. The van der Waals surface area contributed by atoms with Crippen LogP contribution < -0.4 is 0 Å². The molecular formula is C13H9Cl3N2O. The highest BCUT2D eigenvalue weighted by atomic mass is 35.5. The maximum atomic E-state index is 11.2.